The summed E-state index contributed by atoms with van der Waals surface area (Å²) in [6.07, 6.45) is 24.4. The molecular formula is C48H75N3O6. The molecule has 2 fully saturated rings. The number of pyridine rings is 1. The molecule has 318 valence electrons. The molecule has 9 nitrogen and oxygen atoms in total. The first-order valence-corrected chi connectivity index (χ1v) is 22.7. The fraction of sp³-hybridized carbons (Fsp3) is 0.729. The highest BCUT2D eigenvalue weighted by Gasteiger charge is 2.46. The molecule has 0 saturated heterocycles. The molecule has 0 aromatic carbocycles. The number of carbonyl (C=O) groups excluding carboxylic acids is 1. The summed E-state index contributed by atoms with van der Waals surface area (Å²) in [5.74, 6) is 1.36. The van der Waals surface area contributed by atoms with E-state index in [2.05, 4.69) is 55.2 Å². The van der Waals surface area contributed by atoms with Gasteiger partial charge in [-0.15, -0.1) is 0 Å². The first kappa shape index (κ1) is 45.1. The van der Waals surface area contributed by atoms with Crippen LogP contribution in [0, 0.1) is 41.4 Å². The standard InChI is InChI=1S/C48H75N3O6/c1-4-5-7-10-34-13-14-38(45(54)26-34)11-8-6-9-12-43(47(55)56)44(53)19-21-48(57)30-36(24-35-20-22-50-46(49)27-35)25-40(48)29-41-28-39(31-51-41)33(3)23-32(2)37-15-17-42(52)18-16-37/h13-14,20,22,27-28,31-34,36-38,40,43-45,51,53-54,57H,4-12,15-19,21,23-26,29-30H2,1-3H3,(H2,49,50)(H,55,56). The van der Waals surface area contributed by atoms with Crippen molar-refractivity contribution in [3.05, 3.63) is 59.6 Å². The lowest BCUT2D eigenvalue weighted by atomic mass is 9.76. The fourth-order valence-electron chi connectivity index (χ4n) is 10.8. The summed E-state index contributed by atoms with van der Waals surface area (Å²) in [6, 6.07) is 6.13. The molecule has 3 aliphatic rings. The molecule has 0 radical (unpaired) electrons. The van der Waals surface area contributed by atoms with E-state index in [-0.39, 0.29) is 30.3 Å². The van der Waals surface area contributed by atoms with Gasteiger partial charge in [0.2, 0.25) is 0 Å². The molecule has 2 heterocycles. The van der Waals surface area contributed by atoms with Crippen molar-refractivity contribution in [3.63, 3.8) is 0 Å². The van der Waals surface area contributed by atoms with Crippen molar-refractivity contribution in [2.45, 2.75) is 179 Å². The summed E-state index contributed by atoms with van der Waals surface area (Å²) in [5, 5.41) is 44.6. The van der Waals surface area contributed by atoms with Crippen molar-refractivity contribution < 1.29 is 30.0 Å². The van der Waals surface area contributed by atoms with Gasteiger partial charge in [-0.25, -0.2) is 4.98 Å². The van der Waals surface area contributed by atoms with Crippen LogP contribution in [0.25, 0.3) is 0 Å². The van der Waals surface area contributed by atoms with E-state index < -0.39 is 23.6 Å². The molecule has 9 heteroatoms. The van der Waals surface area contributed by atoms with Gasteiger partial charge in [0.15, 0.2) is 0 Å². The summed E-state index contributed by atoms with van der Waals surface area (Å²) in [7, 11) is 0. The molecule has 0 bridgehead atoms. The zero-order valence-electron chi connectivity index (χ0n) is 35.3. The molecule has 10 atom stereocenters. The number of rotatable bonds is 23. The number of aliphatic hydroxyl groups excluding tert-OH is 2. The van der Waals surface area contributed by atoms with Crippen molar-refractivity contribution >= 4 is 17.6 Å². The number of aromatic nitrogens is 2. The molecule has 10 unspecified atom stereocenters. The molecule has 7 N–H and O–H groups in total. The number of hydrogen-bond acceptors (Lipinski definition) is 7. The second-order valence-electron chi connectivity index (χ2n) is 18.8. The Morgan fingerprint density at radius 1 is 1.02 bits per heavy atom. The SMILES string of the molecule is CCCCCC1C=CC(CCCCCC(C(=O)O)C(O)CCC2(O)CC(Cc3ccnc(N)c3)CC2Cc2cc(C(C)CC(C)C3CCC(=O)CC3)c[nH]2)C(O)C1. The number of aliphatic carboxylic acids is 1. The Hall–Kier alpha value is -3.01. The molecule has 3 aliphatic carbocycles. The third kappa shape index (κ3) is 13.5. The topological polar surface area (TPSA) is 170 Å². The number of aliphatic hydroxyl groups is 3. The molecule has 0 spiro atoms. The first-order chi connectivity index (χ1) is 27.3. The van der Waals surface area contributed by atoms with Crippen molar-refractivity contribution in [1.82, 2.24) is 9.97 Å². The number of carboxylic acid groups (broad SMARTS) is 1. The molecular weight excluding hydrogens is 715 g/mol. The van der Waals surface area contributed by atoms with Crippen LogP contribution < -0.4 is 5.73 Å². The molecule has 2 aromatic rings. The number of unbranched alkanes of at least 4 members (excludes halogenated alkanes) is 4. The van der Waals surface area contributed by atoms with Crippen LogP contribution in [0.3, 0.4) is 0 Å². The molecule has 0 aliphatic heterocycles. The lowest BCUT2D eigenvalue weighted by Crippen LogP contribution is -2.37. The second kappa shape index (κ2) is 21.8. The third-order valence-electron chi connectivity index (χ3n) is 14.4. The maximum Gasteiger partial charge on any atom is 0.309 e. The zero-order valence-corrected chi connectivity index (χ0v) is 35.3. The lowest BCUT2D eigenvalue weighted by molar-refractivity contribution is -0.146. The Balaban J connectivity index is 1.14. The summed E-state index contributed by atoms with van der Waals surface area (Å²) in [6.45, 7) is 6.82. The van der Waals surface area contributed by atoms with Crippen molar-refractivity contribution in [2.75, 3.05) is 5.73 Å². The lowest BCUT2D eigenvalue weighted by Gasteiger charge is -2.32. The van der Waals surface area contributed by atoms with Crippen LogP contribution in [0.15, 0.2) is 42.7 Å². The van der Waals surface area contributed by atoms with E-state index in [4.69, 9.17) is 5.73 Å². The van der Waals surface area contributed by atoms with Crippen LogP contribution in [0.2, 0.25) is 0 Å². The first-order valence-electron chi connectivity index (χ1n) is 22.7. The van der Waals surface area contributed by atoms with Crippen LogP contribution >= 0.6 is 0 Å². The summed E-state index contributed by atoms with van der Waals surface area (Å²) in [5.41, 5.74) is 8.42. The molecule has 57 heavy (non-hydrogen) atoms. The molecule has 5 rings (SSSR count). The van der Waals surface area contributed by atoms with Gasteiger partial charge in [0.1, 0.15) is 11.6 Å². The number of H-pyrrole nitrogens is 1. The maximum atomic E-state index is 12.4. The number of nitrogens with two attached hydrogens (primary N) is 1. The van der Waals surface area contributed by atoms with Crippen LogP contribution in [0.5, 0.6) is 0 Å². The normalized spacial score (nSPS) is 27.7. The Bertz CT molecular complexity index is 1560. The van der Waals surface area contributed by atoms with Crippen LogP contribution in [-0.2, 0) is 22.4 Å². The number of hydrogen-bond donors (Lipinski definition) is 6. The van der Waals surface area contributed by atoms with Gasteiger partial charge in [-0.2, -0.15) is 0 Å². The van der Waals surface area contributed by atoms with Crippen LogP contribution in [0.1, 0.15) is 166 Å². The Morgan fingerprint density at radius 2 is 1.79 bits per heavy atom. The summed E-state index contributed by atoms with van der Waals surface area (Å²) in [4.78, 5) is 31.9. The Kier molecular flexibility index (Phi) is 17.3. The molecule has 2 saturated carbocycles. The summed E-state index contributed by atoms with van der Waals surface area (Å²) >= 11 is 0. The number of allylic oxidation sites excluding steroid dienone is 1. The average molecular weight is 790 g/mol. The number of nitrogens with one attached hydrogen (secondary N) is 1. The van der Waals surface area contributed by atoms with E-state index in [0.717, 1.165) is 88.3 Å². The molecule has 0 amide bonds. The number of Topliss-reactive ketones (excluding diaryl/α,β-unsaturated/α-hetero) is 1. The smallest absolute Gasteiger partial charge is 0.309 e. The highest BCUT2D eigenvalue weighted by Crippen LogP contribution is 2.46. The number of nitrogen functional groups attached to an aromatic ring is 1. The number of nitrogens with zero attached hydrogens (tertiary/aromatic N) is 1. The highest BCUT2D eigenvalue weighted by molar-refractivity contribution is 5.79. The van der Waals surface area contributed by atoms with E-state index in [0.29, 0.717) is 67.4 Å². The van der Waals surface area contributed by atoms with E-state index in [1.165, 1.54) is 24.8 Å². The number of carbonyl (C=O) groups is 2. The second-order valence-corrected chi connectivity index (χ2v) is 18.8. The minimum Gasteiger partial charge on any atom is -0.481 e. The van der Waals surface area contributed by atoms with E-state index in [1.807, 2.05) is 12.1 Å². The predicted octanol–water partition coefficient (Wildman–Crippen LogP) is 9.35. The zero-order chi connectivity index (χ0) is 41.0. The highest BCUT2D eigenvalue weighted by atomic mass is 16.4. The van der Waals surface area contributed by atoms with E-state index in [9.17, 15) is 30.0 Å². The van der Waals surface area contributed by atoms with Crippen LogP contribution in [-0.4, -0.2) is 60.0 Å². The minimum absolute atomic E-state index is 0.0477. The fourth-order valence-corrected chi connectivity index (χ4v) is 10.8. The van der Waals surface area contributed by atoms with Gasteiger partial charge < -0.3 is 31.1 Å². The van der Waals surface area contributed by atoms with Crippen molar-refractivity contribution in [2.24, 2.45) is 41.4 Å². The largest absolute Gasteiger partial charge is 0.481 e. The Labute approximate surface area is 342 Å². The van der Waals surface area contributed by atoms with Gasteiger partial charge in [-0.05, 0) is 148 Å². The predicted molar refractivity (Wildman–Crippen MR) is 228 cm³/mol. The monoisotopic (exact) mass is 790 g/mol. The maximum absolute atomic E-state index is 12.4. The Morgan fingerprint density at radius 3 is 2.51 bits per heavy atom. The minimum atomic E-state index is -1.04. The van der Waals surface area contributed by atoms with Gasteiger partial charge in [0, 0.05) is 36.8 Å². The van der Waals surface area contributed by atoms with Gasteiger partial charge in [-0.3, -0.25) is 9.59 Å². The van der Waals surface area contributed by atoms with Gasteiger partial charge in [0.25, 0.3) is 0 Å². The van der Waals surface area contributed by atoms with Crippen LogP contribution in [0.4, 0.5) is 5.82 Å². The van der Waals surface area contributed by atoms with Crippen molar-refractivity contribution in [1.29, 1.82) is 0 Å². The average Bonchev–Trinajstić information content (AvgIpc) is 3.77. The number of carboxylic acids is 1. The van der Waals surface area contributed by atoms with Gasteiger partial charge in [-0.1, -0.05) is 71.4 Å². The molecule has 2 aromatic heterocycles. The summed E-state index contributed by atoms with van der Waals surface area (Å²) < 4.78 is 0. The quantitative estimate of drug-likeness (QED) is 0.0478. The number of aromatic amines is 1. The van der Waals surface area contributed by atoms with Crippen molar-refractivity contribution in [3.8, 4) is 0 Å². The third-order valence-corrected chi connectivity index (χ3v) is 14.4. The number of anilines is 1. The van der Waals surface area contributed by atoms with E-state index >= 15 is 0 Å². The van der Waals surface area contributed by atoms with E-state index in [1.54, 1.807) is 6.20 Å². The number of ketones is 1. The van der Waals surface area contributed by atoms with Gasteiger partial charge in [0.05, 0.1) is 23.7 Å². The van der Waals surface area contributed by atoms with Gasteiger partial charge >= 0.3 is 5.97 Å².